The molecule has 6 heteroatoms. The molecule has 2 aliphatic carbocycles. The van der Waals surface area contributed by atoms with Gasteiger partial charge in [0, 0.05) is 45.3 Å². The number of nitrogens with zero attached hydrogens (tertiary/aromatic N) is 2. The highest BCUT2D eigenvalue weighted by Crippen LogP contribution is 2.43. The average molecular weight is 416 g/mol. The van der Waals surface area contributed by atoms with Gasteiger partial charge in [-0.05, 0) is 50.0 Å². The maximum atomic E-state index is 13.2. The van der Waals surface area contributed by atoms with Crippen LogP contribution < -0.4 is 19.7 Å². The fourth-order valence-electron chi connectivity index (χ4n) is 6.09. The Morgan fingerprint density at radius 3 is 2.20 bits per heavy atom. The zero-order valence-corrected chi connectivity index (χ0v) is 18.9. The van der Waals surface area contributed by atoms with Crippen LogP contribution in [0.3, 0.4) is 0 Å². The van der Waals surface area contributed by atoms with E-state index in [1.54, 1.807) is 20.3 Å². The lowest BCUT2D eigenvalue weighted by Gasteiger charge is -2.47. The van der Waals surface area contributed by atoms with Crippen molar-refractivity contribution in [3.8, 4) is 11.5 Å². The summed E-state index contributed by atoms with van der Waals surface area (Å²) < 4.78 is 11.0. The number of hydrogen-bond acceptors (Lipinski definition) is 5. The van der Waals surface area contributed by atoms with Crippen LogP contribution in [0.4, 0.5) is 5.69 Å². The van der Waals surface area contributed by atoms with Gasteiger partial charge in [-0.1, -0.05) is 12.8 Å². The van der Waals surface area contributed by atoms with Crippen LogP contribution in [0.2, 0.25) is 0 Å². The molecule has 1 aromatic rings. The third-order valence-corrected chi connectivity index (χ3v) is 7.47. The molecule has 1 heterocycles. The second kappa shape index (κ2) is 9.04. The minimum Gasteiger partial charge on any atom is -0.496 e. The number of methoxy groups -OCH3 is 2. The Hall–Kier alpha value is -1.95. The number of amides is 1. The molecule has 0 aromatic heterocycles. The highest BCUT2D eigenvalue weighted by molar-refractivity contribution is 5.98. The third-order valence-electron chi connectivity index (χ3n) is 7.47. The summed E-state index contributed by atoms with van der Waals surface area (Å²) in [5.41, 5.74) is 1.43. The number of hydrogen-bond donors (Lipinski definition) is 1. The molecule has 0 radical (unpaired) electrons. The Morgan fingerprint density at radius 2 is 1.63 bits per heavy atom. The summed E-state index contributed by atoms with van der Waals surface area (Å²) in [5, 5.41) is 3.29. The molecule has 3 fully saturated rings. The molecule has 1 saturated heterocycles. The summed E-state index contributed by atoms with van der Waals surface area (Å²) >= 11 is 0. The zero-order valence-electron chi connectivity index (χ0n) is 18.9. The van der Waals surface area contributed by atoms with E-state index < -0.39 is 0 Å². The SMILES string of the molecule is COc1cc(OC)c(N(C)C)cc1C(=O)NC1CCN(C2C3CCCC2CCC3)C1. The molecule has 1 N–H and O–H groups in total. The van der Waals surface area contributed by atoms with Crippen LogP contribution in [0.25, 0.3) is 0 Å². The average Bonchev–Trinajstić information content (AvgIpc) is 3.20. The van der Waals surface area contributed by atoms with Crippen LogP contribution in [0.1, 0.15) is 55.3 Å². The number of carbonyl (C=O) groups is 1. The minimum atomic E-state index is -0.0618. The summed E-state index contributed by atoms with van der Waals surface area (Å²) in [5.74, 6) is 2.93. The first kappa shape index (κ1) is 21.3. The summed E-state index contributed by atoms with van der Waals surface area (Å²) in [6.45, 7) is 2.08. The number of anilines is 1. The molecule has 1 unspecified atom stereocenters. The van der Waals surface area contributed by atoms with Crippen molar-refractivity contribution in [3.05, 3.63) is 17.7 Å². The molecule has 1 amide bonds. The van der Waals surface area contributed by atoms with Crippen LogP contribution >= 0.6 is 0 Å². The molecule has 2 bridgehead atoms. The highest BCUT2D eigenvalue weighted by Gasteiger charge is 2.42. The van der Waals surface area contributed by atoms with Gasteiger partial charge in [-0.25, -0.2) is 0 Å². The predicted octanol–water partition coefficient (Wildman–Crippen LogP) is 3.54. The molecule has 4 rings (SSSR count). The van der Waals surface area contributed by atoms with E-state index in [9.17, 15) is 4.79 Å². The minimum absolute atomic E-state index is 0.0618. The fourth-order valence-corrected chi connectivity index (χ4v) is 6.09. The number of carbonyl (C=O) groups excluding carboxylic acids is 1. The quantitative estimate of drug-likeness (QED) is 0.770. The number of likely N-dealkylation sites (tertiary alicyclic amines) is 1. The van der Waals surface area contributed by atoms with E-state index in [1.807, 2.05) is 25.1 Å². The van der Waals surface area contributed by atoms with Crippen molar-refractivity contribution >= 4 is 11.6 Å². The lowest BCUT2D eigenvalue weighted by molar-refractivity contribution is 0.0346. The van der Waals surface area contributed by atoms with Crippen molar-refractivity contribution in [2.75, 3.05) is 46.3 Å². The number of nitrogens with one attached hydrogen (secondary N) is 1. The highest BCUT2D eigenvalue weighted by atomic mass is 16.5. The molecular weight excluding hydrogens is 378 g/mol. The van der Waals surface area contributed by atoms with Crippen LogP contribution in [-0.2, 0) is 0 Å². The van der Waals surface area contributed by atoms with Gasteiger partial charge >= 0.3 is 0 Å². The number of benzene rings is 1. The Morgan fingerprint density at radius 1 is 1.00 bits per heavy atom. The maximum Gasteiger partial charge on any atom is 0.255 e. The van der Waals surface area contributed by atoms with E-state index >= 15 is 0 Å². The van der Waals surface area contributed by atoms with E-state index in [1.165, 1.54) is 38.5 Å². The largest absolute Gasteiger partial charge is 0.496 e. The Balaban J connectivity index is 1.45. The van der Waals surface area contributed by atoms with Crippen molar-refractivity contribution in [3.63, 3.8) is 0 Å². The molecule has 1 aliphatic heterocycles. The van der Waals surface area contributed by atoms with E-state index in [2.05, 4.69) is 10.2 Å². The normalized spacial score (nSPS) is 28.8. The van der Waals surface area contributed by atoms with Gasteiger partial charge in [0.25, 0.3) is 5.91 Å². The Labute approximate surface area is 180 Å². The van der Waals surface area contributed by atoms with E-state index in [-0.39, 0.29) is 11.9 Å². The smallest absolute Gasteiger partial charge is 0.255 e. The van der Waals surface area contributed by atoms with Crippen LogP contribution in [0.5, 0.6) is 11.5 Å². The molecule has 3 aliphatic rings. The van der Waals surface area contributed by atoms with Crippen LogP contribution in [-0.4, -0.2) is 64.3 Å². The monoisotopic (exact) mass is 415 g/mol. The lowest BCUT2D eigenvalue weighted by atomic mass is 9.68. The molecule has 1 aromatic carbocycles. The molecular formula is C24H37N3O3. The predicted molar refractivity (Wildman–Crippen MR) is 120 cm³/mol. The number of fused-ring (bicyclic) bond motifs is 2. The third kappa shape index (κ3) is 4.11. The van der Waals surface area contributed by atoms with Crippen molar-refractivity contribution in [1.82, 2.24) is 10.2 Å². The van der Waals surface area contributed by atoms with Crippen molar-refractivity contribution in [1.29, 1.82) is 0 Å². The summed E-state index contributed by atoms with van der Waals surface area (Å²) in [6, 6.07) is 4.61. The first-order valence-electron chi connectivity index (χ1n) is 11.5. The van der Waals surface area contributed by atoms with Gasteiger partial charge in [-0.2, -0.15) is 0 Å². The Bertz CT molecular complexity index is 744. The first-order chi connectivity index (χ1) is 14.5. The molecule has 0 spiro atoms. The molecule has 1 atom stereocenters. The van der Waals surface area contributed by atoms with Gasteiger partial charge in [0.15, 0.2) is 0 Å². The van der Waals surface area contributed by atoms with Crippen molar-refractivity contribution in [2.24, 2.45) is 11.8 Å². The topological polar surface area (TPSA) is 54.0 Å². The number of rotatable bonds is 6. The van der Waals surface area contributed by atoms with E-state index in [0.717, 1.165) is 43.1 Å². The summed E-state index contributed by atoms with van der Waals surface area (Å²) in [6.07, 6.45) is 9.42. The lowest BCUT2D eigenvalue weighted by Crippen LogP contribution is -2.50. The fraction of sp³-hybridized carbons (Fsp3) is 0.708. The zero-order chi connectivity index (χ0) is 21.3. The first-order valence-corrected chi connectivity index (χ1v) is 11.5. The standard InChI is InChI=1S/C24H37N3O3/c1-26(2)20-13-19(21(29-3)14-22(20)30-4)24(28)25-18-11-12-27(15-18)23-16-7-5-8-17(23)10-6-9-16/h13-14,16-18,23H,5-12,15H2,1-4H3,(H,25,28). The van der Waals surface area contributed by atoms with Gasteiger partial charge in [0.1, 0.15) is 11.5 Å². The molecule has 166 valence electrons. The molecule has 6 nitrogen and oxygen atoms in total. The van der Waals surface area contributed by atoms with Gasteiger partial charge in [0.05, 0.1) is 25.5 Å². The van der Waals surface area contributed by atoms with Crippen molar-refractivity contribution in [2.45, 2.75) is 57.0 Å². The summed E-state index contributed by atoms with van der Waals surface area (Å²) in [4.78, 5) is 17.8. The number of ether oxygens (including phenoxy) is 2. The van der Waals surface area contributed by atoms with Gasteiger partial charge in [-0.15, -0.1) is 0 Å². The summed E-state index contributed by atoms with van der Waals surface area (Å²) in [7, 11) is 7.12. The van der Waals surface area contributed by atoms with Gasteiger partial charge in [0.2, 0.25) is 0 Å². The second-order valence-corrected chi connectivity index (χ2v) is 9.45. The second-order valence-electron chi connectivity index (χ2n) is 9.45. The maximum absolute atomic E-state index is 13.2. The molecule has 2 saturated carbocycles. The van der Waals surface area contributed by atoms with Crippen LogP contribution in [0.15, 0.2) is 12.1 Å². The molecule has 30 heavy (non-hydrogen) atoms. The van der Waals surface area contributed by atoms with Gasteiger partial charge in [-0.3, -0.25) is 9.69 Å². The van der Waals surface area contributed by atoms with Gasteiger partial charge < -0.3 is 19.7 Å². The van der Waals surface area contributed by atoms with E-state index in [0.29, 0.717) is 17.1 Å². The van der Waals surface area contributed by atoms with Crippen molar-refractivity contribution < 1.29 is 14.3 Å². The van der Waals surface area contributed by atoms with Crippen LogP contribution in [0, 0.1) is 11.8 Å². The Kier molecular flexibility index (Phi) is 6.42. The van der Waals surface area contributed by atoms with E-state index in [4.69, 9.17) is 9.47 Å².